The van der Waals surface area contributed by atoms with E-state index >= 15 is 0 Å². The van der Waals surface area contributed by atoms with Gasteiger partial charge in [0, 0.05) is 26.3 Å². The molecule has 17 heavy (non-hydrogen) atoms. The molecule has 1 atom stereocenters. The molecule has 1 aliphatic rings. The van der Waals surface area contributed by atoms with Crippen molar-refractivity contribution in [3.05, 3.63) is 0 Å². The van der Waals surface area contributed by atoms with Gasteiger partial charge in [-0.1, -0.05) is 20.3 Å². The zero-order chi connectivity index (χ0) is 12.5. The van der Waals surface area contributed by atoms with Gasteiger partial charge in [0.2, 0.25) is 0 Å². The van der Waals surface area contributed by atoms with Crippen LogP contribution < -0.4 is 5.32 Å². The molecular weight excluding hydrogens is 212 g/mol. The van der Waals surface area contributed by atoms with Crippen LogP contribution in [-0.2, 0) is 4.74 Å². The summed E-state index contributed by atoms with van der Waals surface area (Å²) in [4.78, 5) is 2.68. The van der Waals surface area contributed by atoms with Crippen molar-refractivity contribution in [2.45, 2.75) is 45.6 Å². The molecular formula is C14H30N2O. The fourth-order valence-corrected chi connectivity index (χ4v) is 2.78. The first-order chi connectivity index (χ1) is 8.31. The van der Waals surface area contributed by atoms with Gasteiger partial charge in [-0.3, -0.25) is 4.90 Å². The molecule has 0 aromatic carbocycles. The molecule has 0 bridgehead atoms. The molecule has 0 aromatic heterocycles. The molecule has 1 saturated heterocycles. The van der Waals surface area contributed by atoms with Gasteiger partial charge in [-0.15, -0.1) is 0 Å². The number of nitrogens with one attached hydrogen (secondary N) is 1. The predicted octanol–water partition coefficient (Wildman–Crippen LogP) is 2.12. The lowest BCUT2D eigenvalue weighted by molar-refractivity contribution is 0.0767. The molecule has 0 aliphatic carbocycles. The summed E-state index contributed by atoms with van der Waals surface area (Å²) >= 11 is 0. The Kier molecular flexibility index (Phi) is 7.82. The Morgan fingerprint density at radius 2 is 2.00 bits per heavy atom. The minimum atomic E-state index is 0.739. The molecule has 0 amide bonds. The van der Waals surface area contributed by atoms with Crippen LogP contribution in [0, 0.1) is 5.92 Å². The third kappa shape index (κ3) is 5.36. The van der Waals surface area contributed by atoms with Crippen LogP contribution in [0.15, 0.2) is 0 Å². The Bertz CT molecular complexity index is 179. The van der Waals surface area contributed by atoms with Crippen molar-refractivity contribution in [2.24, 2.45) is 5.92 Å². The molecule has 1 rings (SSSR count). The van der Waals surface area contributed by atoms with Gasteiger partial charge in [0.1, 0.15) is 0 Å². The number of nitrogens with zero attached hydrogens (tertiary/aromatic N) is 1. The van der Waals surface area contributed by atoms with E-state index < -0.39 is 0 Å². The number of hydrogen-bond acceptors (Lipinski definition) is 3. The van der Waals surface area contributed by atoms with Crippen LogP contribution in [-0.4, -0.2) is 50.8 Å². The highest BCUT2D eigenvalue weighted by Gasteiger charge is 2.24. The smallest absolute Gasteiger partial charge is 0.0491 e. The first kappa shape index (κ1) is 14.9. The van der Waals surface area contributed by atoms with Crippen LogP contribution in [0.2, 0.25) is 0 Å². The van der Waals surface area contributed by atoms with E-state index in [1.165, 1.54) is 38.8 Å². The second-order valence-corrected chi connectivity index (χ2v) is 5.18. The third-order valence-electron chi connectivity index (χ3n) is 3.82. The average Bonchev–Trinajstić information content (AvgIpc) is 2.36. The van der Waals surface area contributed by atoms with Crippen molar-refractivity contribution >= 4 is 0 Å². The highest BCUT2D eigenvalue weighted by Crippen LogP contribution is 2.20. The second kappa shape index (κ2) is 8.90. The summed E-state index contributed by atoms with van der Waals surface area (Å²) in [6.45, 7) is 10.2. The maximum Gasteiger partial charge on any atom is 0.0491 e. The number of hydrogen-bond donors (Lipinski definition) is 1. The zero-order valence-corrected chi connectivity index (χ0v) is 11.9. The molecule has 0 saturated carbocycles. The molecule has 1 unspecified atom stereocenters. The van der Waals surface area contributed by atoms with Gasteiger partial charge in [-0.05, 0) is 44.8 Å². The van der Waals surface area contributed by atoms with Gasteiger partial charge in [-0.2, -0.15) is 0 Å². The minimum absolute atomic E-state index is 0.739. The Hall–Kier alpha value is -0.120. The Labute approximate surface area is 107 Å². The van der Waals surface area contributed by atoms with Gasteiger partial charge in [-0.25, -0.2) is 0 Å². The Morgan fingerprint density at radius 3 is 2.53 bits per heavy atom. The molecule has 102 valence electrons. The van der Waals surface area contributed by atoms with E-state index in [9.17, 15) is 0 Å². The van der Waals surface area contributed by atoms with Crippen molar-refractivity contribution < 1.29 is 4.74 Å². The van der Waals surface area contributed by atoms with Gasteiger partial charge in [0.05, 0.1) is 0 Å². The van der Waals surface area contributed by atoms with Crippen molar-refractivity contribution in [1.82, 2.24) is 10.2 Å². The van der Waals surface area contributed by atoms with Gasteiger partial charge >= 0.3 is 0 Å². The highest BCUT2D eigenvalue weighted by molar-refractivity contribution is 4.79. The summed E-state index contributed by atoms with van der Waals surface area (Å²) in [6.07, 6.45) is 5.22. The molecule has 0 spiro atoms. The van der Waals surface area contributed by atoms with E-state index in [0.29, 0.717) is 0 Å². The summed E-state index contributed by atoms with van der Waals surface area (Å²) in [5.41, 5.74) is 0. The zero-order valence-electron chi connectivity index (χ0n) is 11.9. The normalized spacial score (nSPS) is 20.6. The van der Waals surface area contributed by atoms with Crippen molar-refractivity contribution in [1.29, 1.82) is 0 Å². The SMILES string of the molecule is CCCC(CNCC)N1CCC(COC)CC1. The van der Waals surface area contributed by atoms with E-state index in [4.69, 9.17) is 4.74 Å². The van der Waals surface area contributed by atoms with E-state index in [1.807, 2.05) is 7.11 Å². The van der Waals surface area contributed by atoms with Crippen molar-refractivity contribution in [3.63, 3.8) is 0 Å². The van der Waals surface area contributed by atoms with Gasteiger partial charge in [0.15, 0.2) is 0 Å². The van der Waals surface area contributed by atoms with Crippen LogP contribution in [0.25, 0.3) is 0 Å². The summed E-state index contributed by atoms with van der Waals surface area (Å²) in [5, 5.41) is 3.50. The quantitative estimate of drug-likeness (QED) is 0.705. The summed E-state index contributed by atoms with van der Waals surface area (Å²) in [5.74, 6) is 0.790. The summed E-state index contributed by atoms with van der Waals surface area (Å²) in [7, 11) is 1.82. The van der Waals surface area contributed by atoms with Crippen LogP contribution in [0.4, 0.5) is 0 Å². The largest absolute Gasteiger partial charge is 0.384 e. The number of rotatable bonds is 8. The van der Waals surface area contributed by atoms with E-state index in [0.717, 1.165) is 31.7 Å². The van der Waals surface area contributed by atoms with E-state index in [1.54, 1.807) is 0 Å². The fraction of sp³-hybridized carbons (Fsp3) is 1.00. The molecule has 1 fully saturated rings. The second-order valence-electron chi connectivity index (χ2n) is 5.18. The lowest BCUT2D eigenvalue weighted by atomic mass is 9.95. The van der Waals surface area contributed by atoms with Crippen LogP contribution in [0.3, 0.4) is 0 Å². The number of likely N-dealkylation sites (N-methyl/N-ethyl adjacent to an activating group) is 1. The maximum absolute atomic E-state index is 5.26. The van der Waals surface area contributed by atoms with Crippen molar-refractivity contribution in [2.75, 3.05) is 39.9 Å². The number of methoxy groups -OCH3 is 1. The Morgan fingerprint density at radius 1 is 1.29 bits per heavy atom. The monoisotopic (exact) mass is 242 g/mol. The molecule has 3 heteroatoms. The maximum atomic E-state index is 5.26. The first-order valence-electron chi connectivity index (χ1n) is 7.25. The van der Waals surface area contributed by atoms with Gasteiger partial charge < -0.3 is 10.1 Å². The van der Waals surface area contributed by atoms with Crippen LogP contribution >= 0.6 is 0 Å². The van der Waals surface area contributed by atoms with Crippen LogP contribution in [0.1, 0.15) is 39.5 Å². The van der Waals surface area contributed by atoms with Crippen molar-refractivity contribution in [3.8, 4) is 0 Å². The molecule has 1 N–H and O–H groups in total. The highest BCUT2D eigenvalue weighted by atomic mass is 16.5. The first-order valence-corrected chi connectivity index (χ1v) is 7.25. The number of ether oxygens (including phenoxy) is 1. The van der Waals surface area contributed by atoms with E-state index in [-0.39, 0.29) is 0 Å². The van der Waals surface area contributed by atoms with Crippen LogP contribution in [0.5, 0.6) is 0 Å². The molecule has 0 radical (unpaired) electrons. The Balaban J connectivity index is 2.31. The molecule has 3 nitrogen and oxygen atoms in total. The fourth-order valence-electron chi connectivity index (χ4n) is 2.78. The minimum Gasteiger partial charge on any atom is -0.384 e. The third-order valence-corrected chi connectivity index (χ3v) is 3.82. The topological polar surface area (TPSA) is 24.5 Å². The molecule has 1 aliphatic heterocycles. The standard InChI is InChI=1S/C14H30N2O/c1-4-6-14(11-15-5-2)16-9-7-13(8-10-16)12-17-3/h13-15H,4-12H2,1-3H3. The summed E-state index contributed by atoms with van der Waals surface area (Å²) < 4.78 is 5.26. The lowest BCUT2D eigenvalue weighted by Crippen LogP contribution is -2.46. The predicted molar refractivity (Wildman–Crippen MR) is 73.4 cm³/mol. The van der Waals surface area contributed by atoms with Gasteiger partial charge in [0.25, 0.3) is 0 Å². The lowest BCUT2D eigenvalue weighted by Gasteiger charge is -2.37. The molecule has 1 heterocycles. The summed E-state index contributed by atoms with van der Waals surface area (Å²) in [6, 6.07) is 0.739. The number of piperidine rings is 1. The number of likely N-dealkylation sites (tertiary alicyclic amines) is 1. The average molecular weight is 242 g/mol. The molecule has 0 aromatic rings. The van der Waals surface area contributed by atoms with E-state index in [2.05, 4.69) is 24.1 Å².